The first-order valence-electron chi connectivity index (χ1n) is 9.34. The fourth-order valence-electron chi connectivity index (χ4n) is 3.30. The van der Waals surface area contributed by atoms with Crippen molar-refractivity contribution in [1.29, 1.82) is 0 Å². The van der Waals surface area contributed by atoms with Crippen LogP contribution < -0.4 is 5.32 Å². The summed E-state index contributed by atoms with van der Waals surface area (Å²) in [5.41, 5.74) is 2.91. The molecule has 0 unspecified atom stereocenters. The zero-order valence-electron chi connectivity index (χ0n) is 15.6. The summed E-state index contributed by atoms with van der Waals surface area (Å²) < 4.78 is 29.0. The third kappa shape index (κ3) is 4.16. The molecule has 4 nitrogen and oxygen atoms in total. The van der Waals surface area contributed by atoms with E-state index < -0.39 is 11.6 Å². The van der Waals surface area contributed by atoms with Crippen LogP contribution in [0.25, 0.3) is 16.7 Å². The zero-order chi connectivity index (χ0) is 20.2. The molecule has 1 N–H and O–H groups in total. The van der Waals surface area contributed by atoms with Crippen molar-refractivity contribution in [2.24, 2.45) is 0 Å². The Balaban J connectivity index is 1.50. The molecule has 29 heavy (non-hydrogen) atoms. The second kappa shape index (κ2) is 8.22. The van der Waals surface area contributed by atoms with E-state index in [0.717, 1.165) is 40.7 Å². The number of halogens is 2. The van der Waals surface area contributed by atoms with Gasteiger partial charge in [0.15, 0.2) is 0 Å². The Morgan fingerprint density at radius 1 is 0.966 bits per heavy atom. The van der Waals surface area contributed by atoms with Crippen molar-refractivity contribution >= 4 is 16.9 Å². The second-order valence-electron chi connectivity index (χ2n) is 6.70. The summed E-state index contributed by atoms with van der Waals surface area (Å²) >= 11 is 0. The predicted molar refractivity (Wildman–Crippen MR) is 108 cm³/mol. The number of carbonyl (C=O) groups excluding carboxylic acids is 1. The summed E-state index contributed by atoms with van der Waals surface area (Å²) in [5.74, 6) is -0.561. The van der Waals surface area contributed by atoms with Crippen molar-refractivity contribution in [3.8, 4) is 5.69 Å². The molecular weight excluding hydrogens is 372 g/mol. The highest BCUT2D eigenvalue weighted by molar-refractivity contribution is 5.79. The maximum absolute atomic E-state index is 13.7. The topological polar surface area (TPSA) is 46.9 Å². The molecule has 4 rings (SSSR count). The molecule has 3 aromatic carbocycles. The maximum atomic E-state index is 13.7. The molecule has 6 heteroatoms. The molecular formula is C23H19F2N3O. The molecule has 0 aliphatic carbocycles. The lowest BCUT2D eigenvalue weighted by Gasteiger charge is -2.10. The Hall–Kier alpha value is -3.54. The van der Waals surface area contributed by atoms with Gasteiger partial charge in [-0.2, -0.15) is 0 Å². The van der Waals surface area contributed by atoms with E-state index in [0.29, 0.717) is 6.42 Å². The highest BCUT2D eigenvalue weighted by Gasteiger charge is 2.14. The number of imidazole rings is 1. The molecule has 0 atom stereocenters. The van der Waals surface area contributed by atoms with Gasteiger partial charge in [-0.05, 0) is 42.5 Å². The number of para-hydroxylation sites is 3. The van der Waals surface area contributed by atoms with Crippen LogP contribution in [0.3, 0.4) is 0 Å². The molecule has 1 heterocycles. The number of carbonyl (C=O) groups is 1. The molecule has 146 valence electrons. The van der Waals surface area contributed by atoms with Gasteiger partial charge in [-0.1, -0.05) is 30.3 Å². The minimum atomic E-state index is -0.544. The summed E-state index contributed by atoms with van der Waals surface area (Å²) in [6.07, 6.45) is 0.605. The van der Waals surface area contributed by atoms with Crippen LogP contribution in [-0.4, -0.2) is 15.5 Å². The highest BCUT2D eigenvalue weighted by Crippen LogP contribution is 2.22. The third-order valence-electron chi connectivity index (χ3n) is 4.70. The number of benzene rings is 3. The van der Waals surface area contributed by atoms with Crippen LogP contribution >= 0.6 is 0 Å². The van der Waals surface area contributed by atoms with Crippen LogP contribution in [0.2, 0.25) is 0 Å². The number of amides is 1. The fourth-order valence-corrected chi connectivity index (χ4v) is 3.30. The lowest BCUT2D eigenvalue weighted by atomic mass is 10.2. The molecule has 0 aliphatic heterocycles. The van der Waals surface area contributed by atoms with Crippen molar-refractivity contribution in [2.45, 2.75) is 19.4 Å². The highest BCUT2D eigenvalue weighted by atomic mass is 19.1. The van der Waals surface area contributed by atoms with Crippen LogP contribution in [0.5, 0.6) is 0 Å². The first-order valence-corrected chi connectivity index (χ1v) is 9.34. The van der Waals surface area contributed by atoms with Gasteiger partial charge in [-0.25, -0.2) is 13.8 Å². The first-order chi connectivity index (χ1) is 14.1. The van der Waals surface area contributed by atoms with E-state index in [-0.39, 0.29) is 24.4 Å². The van der Waals surface area contributed by atoms with Crippen molar-refractivity contribution in [2.75, 3.05) is 0 Å². The minimum absolute atomic E-state index is 0.0580. The van der Waals surface area contributed by atoms with Crippen LogP contribution in [0.4, 0.5) is 8.78 Å². The number of nitrogens with zero attached hydrogens (tertiary/aromatic N) is 2. The van der Waals surface area contributed by atoms with Gasteiger partial charge >= 0.3 is 0 Å². The van der Waals surface area contributed by atoms with E-state index in [4.69, 9.17) is 0 Å². The number of rotatable bonds is 6. The molecule has 0 saturated heterocycles. The molecule has 0 aliphatic rings. The van der Waals surface area contributed by atoms with Crippen LogP contribution in [0.15, 0.2) is 72.8 Å². The Kier molecular flexibility index (Phi) is 5.33. The van der Waals surface area contributed by atoms with Crippen LogP contribution in [-0.2, 0) is 17.8 Å². The van der Waals surface area contributed by atoms with Crippen molar-refractivity contribution < 1.29 is 13.6 Å². The number of nitrogens with one attached hydrogen (secondary N) is 1. The van der Waals surface area contributed by atoms with E-state index in [1.165, 1.54) is 0 Å². The van der Waals surface area contributed by atoms with Gasteiger partial charge < -0.3 is 5.32 Å². The van der Waals surface area contributed by atoms with Gasteiger partial charge in [0.05, 0.1) is 11.0 Å². The van der Waals surface area contributed by atoms with Gasteiger partial charge in [-0.3, -0.25) is 9.36 Å². The molecule has 0 bridgehead atoms. The quantitative estimate of drug-likeness (QED) is 0.524. The molecule has 0 saturated carbocycles. The Labute approximate surface area is 166 Å². The largest absolute Gasteiger partial charge is 0.352 e. The van der Waals surface area contributed by atoms with Gasteiger partial charge in [-0.15, -0.1) is 0 Å². The molecule has 4 aromatic rings. The number of aryl methyl sites for hydroxylation is 1. The van der Waals surface area contributed by atoms with Crippen molar-refractivity contribution in [3.63, 3.8) is 0 Å². The fraction of sp³-hybridized carbons (Fsp3) is 0.130. The second-order valence-corrected chi connectivity index (χ2v) is 6.70. The molecule has 0 fully saturated rings. The predicted octanol–water partition coefficient (Wildman–Crippen LogP) is 4.55. The lowest BCUT2D eigenvalue weighted by Crippen LogP contribution is -2.24. The number of hydrogen-bond donors (Lipinski definition) is 1. The van der Waals surface area contributed by atoms with Crippen LogP contribution in [0, 0.1) is 11.6 Å². The van der Waals surface area contributed by atoms with E-state index in [1.807, 2.05) is 59.2 Å². The zero-order valence-corrected chi connectivity index (χ0v) is 15.6. The van der Waals surface area contributed by atoms with E-state index >= 15 is 0 Å². The molecule has 1 aromatic heterocycles. The number of fused-ring (bicyclic) bond motifs is 1. The molecule has 0 spiro atoms. The van der Waals surface area contributed by atoms with E-state index in [2.05, 4.69) is 10.3 Å². The maximum Gasteiger partial charge on any atom is 0.220 e. The average molecular weight is 391 g/mol. The Morgan fingerprint density at radius 2 is 1.72 bits per heavy atom. The van der Waals surface area contributed by atoms with Crippen molar-refractivity contribution in [1.82, 2.24) is 14.9 Å². The molecule has 0 radical (unpaired) electrons. The smallest absolute Gasteiger partial charge is 0.220 e. The summed E-state index contributed by atoms with van der Waals surface area (Å²) in [5, 5.41) is 2.65. The summed E-state index contributed by atoms with van der Waals surface area (Å²) in [4.78, 5) is 17.0. The van der Waals surface area contributed by atoms with Crippen molar-refractivity contribution in [3.05, 3.63) is 95.8 Å². The minimum Gasteiger partial charge on any atom is -0.352 e. The summed E-state index contributed by atoms with van der Waals surface area (Å²) in [6, 6.07) is 20.8. The molecule has 1 amide bonds. The Bertz CT molecular complexity index is 1160. The third-order valence-corrected chi connectivity index (χ3v) is 4.70. The standard InChI is InChI=1S/C23H19F2N3O/c24-17-10-11-19(25)16(14-17)15-26-23(29)13-12-22-27-20-8-4-5-9-21(20)28(22)18-6-2-1-3-7-18/h1-11,14H,12-13,15H2,(H,26,29). The lowest BCUT2D eigenvalue weighted by molar-refractivity contribution is -0.121. The number of hydrogen-bond acceptors (Lipinski definition) is 2. The normalized spacial score (nSPS) is 11.0. The van der Waals surface area contributed by atoms with Gasteiger partial charge in [0, 0.05) is 30.6 Å². The average Bonchev–Trinajstić information content (AvgIpc) is 3.12. The van der Waals surface area contributed by atoms with E-state index in [1.54, 1.807) is 0 Å². The monoisotopic (exact) mass is 391 g/mol. The van der Waals surface area contributed by atoms with Gasteiger partial charge in [0.25, 0.3) is 0 Å². The van der Waals surface area contributed by atoms with Crippen LogP contribution in [0.1, 0.15) is 17.8 Å². The summed E-state index contributed by atoms with van der Waals surface area (Å²) in [7, 11) is 0. The van der Waals surface area contributed by atoms with Gasteiger partial charge in [0.2, 0.25) is 5.91 Å². The Morgan fingerprint density at radius 3 is 2.55 bits per heavy atom. The van der Waals surface area contributed by atoms with Gasteiger partial charge in [0.1, 0.15) is 17.5 Å². The SMILES string of the molecule is O=C(CCc1nc2ccccc2n1-c1ccccc1)NCc1cc(F)ccc1F. The summed E-state index contributed by atoms with van der Waals surface area (Å²) in [6.45, 7) is -0.0580. The van der Waals surface area contributed by atoms with E-state index in [9.17, 15) is 13.6 Å². The first kappa shape index (κ1) is 18.8. The number of aromatic nitrogens is 2.